The maximum Gasteiger partial charge on any atom is 0.138 e. The minimum atomic E-state index is 0.747. The molecule has 5 nitrogen and oxygen atoms in total. The van der Waals surface area contributed by atoms with Crippen molar-refractivity contribution in [2.24, 2.45) is 5.73 Å². The molecule has 1 aliphatic heterocycles. The molecule has 0 unspecified atom stereocenters. The van der Waals surface area contributed by atoms with Gasteiger partial charge in [-0.15, -0.1) is 0 Å². The quantitative estimate of drug-likeness (QED) is 0.886. The smallest absolute Gasteiger partial charge is 0.138 e. The normalized spacial score (nSPS) is 17.8. The van der Waals surface area contributed by atoms with Crippen LogP contribution in [0.5, 0.6) is 0 Å². The molecule has 2 aromatic heterocycles. The Morgan fingerprint density at radius 1 is 1.16 bits per heavy atom. The lowest BCUT2D eigenvalue weighted by molar-refractivity contribution is 0.302. The molecule has 3 rings (SSSR count). The van der Waals surface area contributed by atoms with Crippen molar-refractivity contribution < 1.29 is 0 Å². The highest BCUT2D eigenvalue weighted by Crippen LogP contribution is 2.18. The van der Waals surface area contributed by atoms with E-state index in [9.17, 15) is 0 Å². The minimum Gasteiger partial charge on any atom is -0.356 e. The average Bonchev–Trinajstić information content (AvgIpc) is 2.79. The fourth-order valence-electron chi connectivity index (χ4n) is 2.80. The van der Waals surface area contributed by atoms with Gasteiger partial charge in [-0.05, 0) is 25.1 Å². The maximum atomic E-state index is 5.65. The molecular weight excluding hydrogens is 238 g/mol. The SMILES string of the molecule is NCCN1CCCN(c2cccc3nccn23)CC1. The highest BCUT2D eigenvalue weighted by atomic mass is 15.3. The van der Waals surface area contributed by atoms with Gasteiger partial charge in [0, 0.05) is 45.1 Å². The van der Waals surface area contributed by atoms with E-state index < -0.39 is 0 Å². The second kappa shape index (κ2) is 5.59. The summed E-state index contributed by atoms with van der Waals surface area (Å²) in [6.07, 6.45) is 5.08. The predicted molar refractivity (Wildman–Crippen MR) is 77.5 cm³/mol. The van der Waals surface area contributed by atoms with Gasteiger partial charge in [0.1, 0.15) is 11.5 Å². The molecule has 19 heavy (non-hydrogen) atoms. The van der Waals surface area contributed by atoms with Crippen LogP contribution in [-0.4, -0.2) is 53.6 Å². The van der Waals surface area contributed by atoms with Crippen molar-refractivity contribution in [2.75, 3.05) is 44.2 Å². The summed E-state index contributed by atoms with van der Waals surface area (Å²) < 4.78 is 2.17. The van der Waals surface area contributed by atoms with Crippen LogP contribution in [0.3, 0.4) is 0 Å². The number of pyridine rings is 1. The Morgan fingerprint density at radius 2 is 2.11 bits per heavy atom. The lowest BCUT2D eigenvalue weighted by Gasteiger charge is -2.24. The summed E-state index contributed by atoms with van der Waals surface area (Å²) in [4.78, 5) is 9.25. The van der Waals surface area contributed by atoms with E-state index in [1.54, 1.807) is 0 Å². The zero-order valence-corrected chi connectivity index (χ0v) is 11.2. The van der Waals surface area contributed by atoms with E-state index >= 15 is 0 Å². The minimum absolute atomic E-state index is 0.747. The molecule has 0 aliphatic carbocycles. The molecule has 1 saturated heterocycles. The zero-order chi connectivity index (χ0) is 13.1. The number of fused-ring (bicyclic) bond motifs is 1. The topological polar surface area (TPSA) is 49.8 Å². The van der Waals surface area contributed by atoms with Crippen molar-refractivity contribution in [3.63, 3.8) is 0 Å². The lowest BCUT2D eigenvalue weighted by Crippen LogP contribution is -2.34. The Hall–Kier alpha value is -1.59. The fourth-order valence-corrected chi connectivity index (χ4v) is 2.80. The highest BCUT2D eigenvalue weighted by molar-refractivity contribution is 5.51. The summed E-state index contributed by atoms with van der Waals surface area (Å²) in [5.41, 5.74) is 6.66. The number of nitrogens with zero attached hydrogens (tertiary/aromatic N) is 4. The summed E-state index contributed by atoms with van der Waals surface area (Å²) in [7, 11) is 0. The number of imidazole rings is 1. The van der Waals surface area contributed by atoms with Gasteiger partial charge >= 0.3 is 0 Å². The van der Waals surface area contributed by atoms with Crippen LogP contribution in [0.25, 0.3) is 5.65 Å². The van der Waals surface area contributed by atoms with E-state index in [2.05, 4.69) is 31.3 Å². The van der Waals surface area contributed by atoms with E-state index in [1.165, 1.54) is 12.2 Å². The lowest BCUT2D eigenvalue weighted by atomic mass is 10.3. The molecule has 2 aromatic rings. The van der Waals surface area contributed by atoms with Crippen LogP contribution in [0.4, 0.5) is 5.82 Å². The van der Waals surface area contributed by atoms with Crippen LogP contribution in [0.2, 0.25) is 0 Å². The number of rotatable bonds is 3. The van der Waals surface area contributed by atoms with Crippen molar-refractivity contribution >= 4 is 11.5 Å². The molecule has 2 N–H and O–H groups in total. The standard InChI is InChI=1S/C14H21N5/c15-5-9-17-7-2-8-18(12-11-17)14-4-1-3-13-16-6-10-19(13)14/h1,3-4,6,10H,2,5,7-9,11-12,15H2. The van der Waals surface area contributed by atoms with Gasteiger partial charge in [-0.1, -0.05) is 6.07 Å². The van der Waals surface area contributed by atoms with Crippen molar-refractivity contribution in [1.29, 1.82) is 0 Å². The molecule has 1 fully saturated rings. The first-order valence-electron chi connectivity index (χ1n) is 6.98. The molecule has 0 spiro atoms. The summed E-state index contributed by atoms with van der Waals surface area (Å²) in [5, 5.41) is 0. The van der Waals surface area contributed by atoms with Gasteiger partial charge < -0.3 is 15.5 Å². The van der Waals surface area contributed by atoms with Crippen LogP contribution in [0, 0.1) is 0 Å². The van der Waals surface area contributed by atoms with Gasteiger partial charge in [-0.2, -0.15) is 0 Å². The van der Waals surface area contributed by atoms with E-state index in [1.807, 2.05) is 18.5 Å². The second-order valence-electron chi connectivity index (χ2n) is 5.01. The first-order chi connectivity index (χ1) is 9.38. The van der Waals surface area contributed by atoms with Gasteiger partial charge in [0.25, 0.3) is 0 Å². The molecule has 0 radical (unpaired) electrons. The Bertz CT molecular complexity index is 535. The van der Waals surface area contributed by atoms with E-state index in [0.29, 0.717) is 0 Å². The Morgan fingerprint density at radius 3 is 3.00 bits per heavy atom. The third-order valence-corrected chi connectivity index (χ3v) is 3.76. The molecule has 5 heteroatoms. The van der Waals surface area contributed by atoms with Crippen LogP contribution in [0.1, 0.15) is 6.42 Å². The van der Waals surface area contributed by atoms with E-state index in [-0.39, 0.29) is 0 Å². The number of hydrogen-bond acceptors (Lipinski definition) is 4. The van der Waals surface area contributed by atoms with Crippen molar-refractivity contribution in [3.05, 3.63) is 30.6 Å². The van der Waals surface area contributed by atoms with Crippen molar-refractivity contribution in [1.82, 2.24) is 14.3 Å². The second-order valence-corrected chi connectivity index (χ2v) is 5.01. The van der Waals surface area contributed by atoms with Crippen LogP contribution < -0.4 is 10.6 Å². The first kappa shape index (κ1) is 12.4. The Balaban J connectivity index is 1.80. The number of aromatic nitrogens is 2. The fraction of sp³-hybridized carbons (Fsp3) is 0.500. The van der Waals surface area contributed by atoms with Gasteiger partial charge in [-0.3, -0.25) is 4.40 Å². The summed E-state index contributed by atoms with van der Waals surface area (Å²) in [6.45, 7) is 6.13. The van der Waals surface area contributed by atoms with Crippen LogP contribution in [0.15, 0.2) is 30.6 Å². The summed E-state index contributed by atoms with van der Waals surface area (Å²) >= 11 is 0. The first-order valence-corrected chi connectivity index (χ1v) is 6.98. The zero-order valence-electron chi connectivity index (χ0n) is 11.2. The van der Waals surface area contributed by atoms with Gasteiger partial charge in [0.15, 0.2) is 0 Å². The molecule has 0 atom stereocenters. The third kappa shape index (κ3) is 2.57. The Labute approximate surface area is 113 Å². The van der Waals surface area contributed by atoms with Gasteiger partial charge in [0.05, 0.1) is 0 Å². The summed E-state index contributed by atoms with van der Waals surface area (Å²) in [6, 6.07) is 6.30. The van der Waals surface area contributed by atoms with Crippen molar-refractivity contribution in [3.8, 4) is 0 Å². The third-order valence-electron chi connectivity index (χ3n) is 3.76. The molecule has 102 valence electrons. The van der Waals surface area contributed by atoms with E-state index in [0.717, 1.165) is 44.9 Å². The molecule has 0 bridgehead atoms. The molecule has 0 amide bonds. The van der Waals surface area contributed by atoms with Crippen LogP contribution >= 0.6 is 0 Å². The van der Waals surface area contributed by atoms with Gasteiger partial charge in [0.2, 0.25) is 0 Å². The highest BCUT2D eigenvalue weighted by Gasteiger charge is 2.16. The number of nitrogens with two attached hydrogens (primary N) is 1. The number of anilines is 1. The largest absolute Gasteiger partial charge is 0.356 e. The molecule has 0 saturated carbocycles. The van der Waals surface area contributed by atoms with E-state index in [4.69, 9.17) is 5.73 Å². The maximum absolute atomic E-state index is 5.65. The molecule has 0 aromatic carbocycles. The molecule has 3 heterocycles. The van der Waals surface area contributed by atoms with Crippen LogP contribution in [-0.2, 0) is 0 Å². The van der Waals surface area contributed by atoms with Gasteiger partial charge in [-0.25, -0.2) is 4.98 Å². The van der Waals surface area contributed by atoms with Crippen molar-refractivity contribution in [2.45, 2.75) is 6.42 Å². The average molecular weight is 259 g/mol. The Kier molecular flexibility index (Phi) is 3.66. The molecular formula is C14H21N5. The molecule has 1 aliphatic rings. The predicted octanol–water partition coefficient (Wildman–Crippen LogP) is 0.805. The summed E-state index contributed by atoms with van der Waals surface area (Å²) in [5.74, 6) is 1.24. The number of hydrogen-bond donors (Lipinski definition) is 1. The monoisotopic (exact) mass is 259 g/mol.